The number of ketones is 1. The smallest absolute Gasteiger partial charge is 0.176 e. The summed E-state index contributed by atoms with van der Waals surface area (Å²) in [7, 11) is 0. The Morgan fingerprint density at radius 3 is 2.29 bits per heavy atom. The molecule has 0 saturated carbocycles. The second-order valence-corrected chi connectivity index (χ2v) is 4.27. The van der Waals surface area contributed by atoms with E-state index in [0.29, 0.717) is 12.1 Å². The van der Waals surface area contributed by atoms with E-state index in [4.69, 9.17) is 0 Å². The Bertz CT molecular complexity index is 360. The van der Waals surface area contributed by atoms with Crippen LogP contribution in [0.25, 0.3) is 0 Å². The summed E-state index contributed by atoms with van der Waals surface area (Å²) in [6, 6.07) is 5.79. The van der Waals surface area contributed by atoms with Gasteiger partial charge in [-0.2, -0.15) is 0 Å². The van der Waals surface area contributed by atoms with Gasteiger partial charge >= 0.3 is 0 Å². The zero-order valence-corrected chi connectivity index (χ0v) is 10.4. The monoisotopic (exact) mass is 256 g/mol. The number of likely N-dealkylation sites (tertiary alicyclic amines) is 1. The zero-order chi connectivity index (χ0) is 11.4. The molecule has 17 heavy (non-hydrogen) atoms. The largest absolute Gasteiger partial charge is 1.00 e. The van der Waals surface area contributed by atoms with E-state index in [1.54, 1.807) is 12.1 Å². The van der Waals surface area contributed by atoms with Gasteiger partial charge in [-0.05, 0) is 50.2 Å². The van der Waals surface area contributed by atoms with Crippen LogP contribution < -0.4 is 12.4 Å². The first-order valence-electron chi connectivity index (χ1n) is 5.77. The number of piperidine rings is 1. The molecule has 94 valence electrons. The highest BCUT2D eigenvalue weighted by Crippen LogP contribution is 2.10. The second kappa shape index (κ2) is 6.72. The Hall–Kier alpha value is -0.930. The third-order valence-corrected chi connectivity index (χ3v) is 2.98. The first-order chi connectivity index (χ1) is 7.75. The summed E-state index contributed by atoms with van der Waals surface area (Å²) in [5, 5.41) is 0. The highest BCUT2D eigenvalue weighted by Gasteiger charge is 2.14. The van der Waals surface area contributed by atoms with Gasteiger partial charge in [0.15, 0.2) is 5.78 Å². The minimum atomic E-state index is -0.297. The van der Waals surface area contributed by atoms with Crippen LogP contribution in [0.4, 0.5) is 4.39 Å². The summed E-state index contributed by atoms with van der Waals surface area (Å²) in [4.78, 5) is 14.0. The standard InChI is InChI=1S/C13H16FNO.ClH/c14-12-6-4-11(5-7-12)13(16)10-15-8-2-1-3-9-15;/h4-7H,1-3,8-10H2;1H/p-1. The molecule has 1 heterocycles. The van der Waals surface area contributed by atoms with E-state index in [9.17, 15) is 9.18 Å². The van der Waals surface area contributed by atoms with E-state index in [1.165, 1.54) is 31.4 Å². The number of carbonyl (C=O) groups excluding carboxylic acids is 1. The van der Waals surface area contributed by atoms with Gasteiger partial charge < -0.3 is 12.4 Å². The number of rotatable bonds is 3. The lowest BCUT2D eigenvalue weighted by molar-refractivity contribution is -0.0000121. The number of hydrogen-bond acceptors (Lipinski definition) is 2. The second-order valence-electron chi connectivity index (χ2n) is 4.27. The molecule has 0 aromatic heterocycles. The molecule has 0 N–H and O–H groups in total. The third kappa shape index (κ3) is 4.10. The number of Topliss-reactive ketones (excluding diaryl/α,β-unsaturated/α-hetero) is 1. The van der Waals surface area contributed by atoms with Crippen LogP contribution >= 0.6 is 0 Å². The van der Waals surface area contributed by atoms with Gasteiger partial charge in [0.25, 0.3) is 0 Å². The van der Waals surface area contributed by atoms with Gasteiger partial charge in [-0.15, -0.1) is 0 Å². The molecule has 1 fully saturated rings. The van der Waals surface area contributed by atoms with Gasteiger partial charge in [-0.25, -0.2) is 4.39 Å². The number of halogens is 2. The number of nitrogens with zero attached hydrogens (tertiary/aromatic N) is 1. The summed E-state index contributed by atoms with van der Waals surface area (Å²) >= 11 is 0. The van der Waals surface area contributed by atoms with Gasteiger partial charge in [0.05, 0.1) is 6.54 Å². The molecule has 0 aliphatic carbocycles. The quantitative estimate of drug-likeness (QED) is 0.680. The minimum absolute atomic E-state index is 0. The predicted octanol–water partition coefficient (Wildman–Crippen LogP) is -0.502. The highest BCUT2D eigenvalue weighted by atomic mass is 35.5. The van der Waals surface area contributed by atoms with E-state index in [-0.39, 0.29) is 24.0 Å². The Morgan fingerprint density at radius 2 is 1.71 bits per heavy atom. The number of benzene rings is 1. The lowest BCUT2D eigenvalue weighted by Crippen LogP contribution is -3.00. The van der Waals surface area contributed by atoms with Gasteiger partial charge in [-0.1, -0.05) is 6.42 Å². The SMILES string of the molecule is O=C(CN1CCCCC1)c1ccc(F)cc1.[Cl-]. The number of carbonyl (C=O) groups is 1. The van der Waals surface area contributed by atoms with Crippen molar-refractivity contribution in [3.05, 3.63) is 35.6 Å². The average Bonchev–Trinajstić information content (AvgIpc) is 2.31. The summed E-state index contributed by atoms with van der Waals surface area (Å²) in [5.74, 6) is -0.212. The summed E-state index contributed by atoms with van der Waals surface area (Å²) in [5.41, 5.74) is 0.604. The highest BCUT2D eigenvalue weighted by molar-refractivity contribution is 5.97. The Morgan fingerprint density at radius 1 is 1.12 bits per heavy atom. The zero-order valence-electron chi connectivity index (χ0n) is 9.66. The Balaban J connectivity index is 0.00000144. The molecule has 4 heteroatoms. The molecule has 2 rings (SSSR count). The van der Waals surface area contributed by atoms with Crippen molar-refractivity contribution in [2.75, 3.05) is 19.6 Å². The third-order valence-electron chi connectivity index (χ3n) is 2.98. The maximum atomic E-state index is 12.7. The van der Waals surface area contributed by atoms with Crippen LogP contribution in [0.15, 0.2) is 24.3 Å². The van der Waals surface area contributed by atoms with E-state index < -0.39 is 0 Å². The van der Waals surface area contributed by atoms with Crippen molar-refractivity contribution in [3.63, 3.8) is 0 Å². The molecular weight excluding hydrogens is 241 g/mol. The first-order valence-corrected chi connectivity index (χ1v) is 5.77. The first kappa shape index (κ1) is 14.1. The van der Waals surface area contributed by atoms with Crippen molar-refractivity contribution in [1.29, 1.82) is 0 Å². The summed E-state index contributed by atoms with van der Waals surface area (Å²) < 4.78 is 12.7. The molecule has 1 aliphatic heterocycles. The minimum Gasteiger partial charge on any atom is -1.00 e. The Kier molecular flexibility index (Phi) is 5.59. The summed E-state index contributed by atoms with van der Waals surface area (Å²) in [6.07, 6.45) is 3.62. The van der Waals surface area contributed by atoms with Gasteiger partial charge in [-0.3, -0.25) is 9.69 Å². The molecule has 1 aliphatic rings. The van der Waals surface area contributed by atoms with Gasteiger partial charge in [0.1, 0.15) is 5.82 Å². The lowest BCUT2D eigenvalue weighted by Gasteiger charge is -2.25. The number of hydrogen-bond donors (Lipinski definition) is 0. The Labute approximate surface area is 107 Å². The van der Waals surface area contributed by atoms with Crippen molar-refractivity contribution in [2.45, 2.75) is 19.3 Å². The molecular formula is C13H16ClFNO-. The van der Waals surface area contributed by atoms with E-state index >= 15 is 0 Å². The van der Waals surface area contributed by atoms with Crippen LogP contribution in [-0.2, 0) is 0 Å². The van der Waals surface area contributed by atoms with E-state index in [1.807, 2.05) is 0 Å². The van der Waals surface area contributed by atoms with Crippen molar-refractivity contribution >= 4 is 5.78 Å². The lowest BCUT2D eigenvalue weighted by atomic mass is 10.1. The fourth-order valence-electron chi connectivity index (χ4n) is 2.05. The van der Waals surface area contributed by atoms with Crippen LogP contribution in [0.2, 0.25) is 0 Å². The van der Waals surface area contributed by atoms with Crippen molar-refractivity contribution in [2.24, 2.45) is 0 Å². The molecule has 0 amide bonds. The van der Waals surface area contributed by atoms with Crippen LogP contribution in [-0.4, -0.2) is 30.3 Å². The molecule has 0 atom stereocenters. The molecule has 1 aromatic carbocycles. The average molecular weight is 257 g/mol. The van der Waals surface area contributed by atoms with Gasteiger partial charge in [0.2, 0.25) is 0 Å². The molecule has 1 aromatic rings. The van der Waals surface area contributed by atoms with E-state index in [2.05, 4.69) is 4.90 Å². The summed E-state index contributed by atoms with van der Waals surface area (Å²) in [6.45, 7) is 2.48. The van der Waals surface area contributed by atoms with E-state index in [0.717, 1.165) is 13.1 Å². The topological polar surface area (TPSA) is 20.3 Å². The molecule has 0 bridgehead atoms. The van der Waals surface area contributed by atoms with Crippen molar-refractivity contribution in [1.82, 2.24) is 4.90 Å². The maximum Gasteiger partial charge on any atom is 0.176 e. The molecule has 0 radical (unpaired) electrons. The molecule has 2 nitrogen and oxygen atoms in total. The van der Waals surface area contributed by atoms with Crippen LogP contribution in [0.5, 0.6) is 0 Å². The predicted molar refractivity (Wildman–Crippen MR) is 61.0 cm³/mol. The fraction of sp³-hybridized carbons (Fsp3) is 0.462. The van der Waals surface area contributed by atoms with Crippen LogP contribution in [0.3, 0.4) is 0 Å². The van der Waals surface area contributed by atoms with Crippen LogP contribution in [0.1, 0.15) is 29.6 Å². The van der Waals surface area contributed by atoms with Crippen molar-refractivity contribution in [3.8, 4) is 0 Å². The van der Waals surface area contributed by atoms with Crippen molar-refractivity contribution < 1.29 is 21.6 Å². The fourth-order valence-corrected chi connectivity index (χ4v) is 2.05. The maximum absolute atomic E-state index is 12.7. The molecule has 0 unspecified atom stereocenters. The van der Waals surface area contributed by atoms with Gasteiger partial charge in [0, 0.05) is 5.56 Å². The molecule has 1 saturated heterocycles. The normalized spacial score (nSPS) is 16.3. The molecule has 0 spiro atoms. The van der Waals surface area contributed by atoms with Crippen LogP contribution in [0, 0.1) is 5.82 Å².